The molecule has 0 amide bonds. The Morgan fingerprint density at radius 2 is 1.86 bits per heavy atom. The van der Waals surface area contributed by atoms with Gasteiger partial charge in [0.25, 0.3) is 0 Å². The summed E-state index contributed by atoms with van der Waals surface area (Å²) >= 11 is 0. The van der Waals surface area contributed by atoms with Crippen molar-refractivity contribution in [3.8, 4) is 0 Å². The lowest BCUT2D eigenvalue weighted by Crippen LogP contribution is -2.24. The van der Waals surface area contributed by atoms with Crippen LogP contribution in [0.1, 0.15) is 57.3 Å². The summed E-state index contributed by atoms with van der Waals surface area (Å²) < 4.78 is 0. The summed E-state index contributed by atoms with van der Waals surface area (Å²) in [4.78, 5) is 12.1. The standard InChI is InChI=1S/C17H28N4/c1-5-18-16-12(4)17(20-15(19-16)11(2)3)21-9-13-7-6-8-14(13)10-21/h11,13-14H,5-10H2,1-4H3,(H,18,19,20). The molecule has 1 aromatic rings. The van der Waals surface area contributed by atoms with Crippen LogP contribution in [0.3, 0.4) is 0 Å². The first-order valence-electron chi connectivity index (χ1n) is 8.47. The molecule has 2 unspecified atom stereocenters. The van der Waals surface area contributed by atoms with E-state index in [-0.39, 0.29) is 0 Å². The molecule has 4 nitrogen and oxygen atoms in total. The third-order valence-corrected chi connectivity index (χ3v) is 5.02. The highest BCUT2D eigenvalue weighted by Crippen LogP contribution is 2.40. The maximum atomic E-state index is 4.90. The first-order valence-corrected chi connectivity index (χ1v) is 8.47. The number of aromatic nitrogens is 2. The Balaban J connectivity index is 1.93. The van der Waals surface area contributed by atoms with Gasteiger partial charge in [-0.3, -0.25) is 0 Å². The fourth-order valence-corrected chi connectivity index (χ4v) is 3.84. The highest BCUT2D eigenvalue weighted by atomic mass is 15.2. The molecule has 1 aliphatic heterocycles. The fourth-order valence-electron chi connectivity index (χ4n) is 3.84. The molecular formula is C17H28N4. The van der Waals surface area contributed by atoms with Crippen LogP contribution in [0, 0.1) is 18.8 Å². The van der Waals surface area contributed by atoms with E-state index < -0.39 is 0 Å². The number of hydrogen-bond donors (Lipinski definition) is 1. The Labute approximate surface area is 128 Å². The molecule has 4 heteroatoms. The Kier molecular flexibility index (Phi) is 4.05. The second-order valence-corrected chi connectivity index (χ2v) is 6.92. The van der Waals surface area contributed by atoms with Crippen molar-refractivity contribution in [1.82, 2.24) is 9.97 Å². The van der Waals surface area contributed by atoms with Crippen molar-refractivity contribution in [2.45, 2.75) is 52.9 Å². The van der Waals surface area contributed by atoms with E-state index in [0.717, 1.165) is 30.0 Å². The molecule has 1 aliphatic carbocycles. The molecule has 0 spiro atoms. The van der Waals surface area contributed by atoms with Crippen molar-refractivity contribution in [3.63, 3.8) is 0 Å². The Morgan fingerprint density at radius 3 is 2.43 bits per heavy atom. The first-order chi connectivity index (χ1) is 10.1. The van der Waals surface area contributed by atoms with Crippen LogP contribution in [-0.2, 0) is 0 Å². The van der Waals surface area contributed by atoms with Crippen LogP contribution >= 0.6 is 0 Å². The van der Waals surface area contributed by atoms with Crippen LogP contribution in [0.15, 0.2) is 0 Å². The summed E-state index contributed by atoms with van der Waals surface area (Å²) in [6, 6.07) is 0. The summed E-state index contributed by atoms with van der Waals surface area (Å²) in [5.74, 6) is 5.30. The summed E-state index contributed by atoms with van der Waals surface area (Å²) in [7, 11) is 0. The second kappa shape index (κ2) is 5.82. The molecule has 21 heavy (non-hydrogen) atoms. The van der Waals surface area contributed by atoms with E-state index in [4.69, 9.17) is 9.97 Å². The lowest BCUT2D eigenvalue weighted by molar-refractivity contribution is 0.494. The van der Waals surface area contributed by atoms with Gasteiger partial charge in [-0.2, -0.15) is 0 Å². The predicted octanol–water partition coefficient (Wildman–Crippen LogP) is 3.58. The zero-order valence-corrected chi connectivity index (χ0v) is 13.8. The first kappa shape index (κ1) is 14.6. The van der Waals surface area contributed by atoms with Gasteiger partial charge in [0, 0.05) is 31.1 Å². The van der Waals surface area contributed by atoms with Gasteiger partial charge in [-0.25, -0.2) is 9.97 Å². The van der Waals surface area contributed by atoms with Crippen LogP contribution in [0.4, 0.5) is 11.6 Å². The van der Waals surface area contributed by atoms with Crippen LogP contribution < -0.4 is 10.2 Å². The van der Waals surface area contributed by atoms with Crippen molar-refractivity contribution in [2.75, 3.05) is 29.9 Å². The van der Waals surface area contributed by atoms with E-state index in [9.17, 15) is 0 Å². The molecule has 2 aliphatic rings. The average molecular weight is 288 g/mol. The zero-order valence-electron chi connectivity index (χ0n) is 13.8. The van der Waals surface area contributed by atoms with Crippen molar-refractivity contribution in [1.29, 1.82) is 0 Å². The van der Waals surface area contributed by atoms with Gasteiger partial charge in [0.05, 0.1) is 0 Å². The Bertz CT molecular complexity index is 500. The zero-order chi connectivity index (χ0) is 15.0. The molecule has 1 N–H and O–H groups in total. The largest absolute Gasteiger partial charge is 0.370 e. The lowest BCUT2D eigenvalue weighted by atomic mass is 10.0. The number of nitrogens with zero attached hydrogens (tertiary/aromatic N) is 3. The smallest absolute Gasteiger partial charge is 0.137 e. The maximum absolute atomic E-state index is 4.90. The van der Waals surface area contributed by atoms with Gasteiger partial charge < -0.3 is 10.2 Å². The summed E-state index contributed by atoms with van der Waals surface area (Å²) in [5, 5.41) is 3.41. The number of rotatable bonds is 4. The van der Waals surface area contributed by atoms with Crippen LogP contribution in [0.25, 0.3) is 0 Å². The Morgan fingerprint density at radius 1 is 1.19 bits per heavy atom. The monoisotopic (exact) mass is 288 g/mol. The van der Waals surface area contributed by atoms with E-state index in [1.165, 1.54) is 43.7 Å². The normalized spacial score (nSPS) is 24.7. The molecule has 1 aromatic heterocycles. The van der Waals surface area contributed by atoms with Gasteiger partial charge in [-0.1, -0.05) is 20.3 Å². The SMILES string of the molecule is CCNc1nc(C(C)C)nc(N2CC3CCCC3C2)c1C. The van der Waals surface area contributed by atoms with Gasteiger partial charge in [0.15, 0.2) is 0 Å². The molecule has 0 aromatic carbocycles. The number of nitrogens with one attached hydrogen (secondary N) is 1. The molecule has 2 heterocycles. The maximum Gasteiger partial charge on any atom is 0.137 e. The van der Waals surface area contributed by atoms with E-state index in [1.807, 2.05) is 0 Å². The molecule has 3 rings (SSSR count). The molecule has 0 bridgehead atoms. The van der Waals surface area contributed by atoms with Gasteiger partial charge in [-0.05, 0) is 38.5 Å². The van der Waals surface area contributed by atoms with Gasteiger partial charge in [-0.15, -0.1) is 0 Å². The highest BCUT2D eigenvalue weighted by Gasteiger charge is 2.37. The third-order valence-electron chi connectivity index (χ3n) is 5.02. The third kappa shape index (κ3) is 2.72. The molecule has 116 valence electrons. The minimum absolute atomic E-state index is 0.365. The predicted molar refractivity (Wildman–Crippen MR) is 88.1 cm³/mol. The summed E-state index contributed by atoms with van der Waals surface area (Å²) in [6.07, 6.45) is 4.23. The minimum atomic E-state index is 0.365. The lowest BCUT2D eigenvalue weighted by Gasteiger charge is -2.23. The fraction of sp³-hybridized carbons (Fsp3) is 0.765. The molecule has 2 fully saturated rings. The molecule has 1 saturated carbocycles. The van der Waals surface area contributed by atoms with Crippen molar-refractivity contribution < 1.29 is 0 Å². The van der Waals surface area contributed by atoms with Crippen molar-refractivity contribution in [3.05, 3.63) is 11.4 Å². The molecule has 2 atom stereocenters. The van der Waals surface area contributed by atoms with E-state index in [2.05, 4.69) is 37.9 Å². The van der Waals surface area contributed by atoms with E-state index in [0.29, 0.717) is 5.92 Å². The Hall–Kier alpha value is -1.32. The summed E-state index contributed by atoms with van der Waals surface area (Å²) in [5.41, 5.74) is 1.21. The second-order valence-electron chi connectivity index (χ2n) is 6.92. The number of fused-ring (bicyclic) bond motifs is 1. The molecule has 0 radical (unpaired) electrons. The average Bonchev–Trinajstić information content (AvgIpc) is 3.02. The van der Waals surface area contributed by atoms with Gasteiger partial charge >= 0.3 is 0 Å². The highest BCUT2D eigenvalue weighted by molar-refractivity contribution is 5.59. The number of hydrogen-bond acceptors (Lipinski definition) is 4. The number of anilines is 2. The minimum Gasteiger partial charge on any atom is -0.370 e. The van der Waals surface area contributed by atoms with Crippen LogP contribution in [-0.4, -0.2) is 29.6 Å². The molecule has 1 saturated heterocycles. The van der Waals surface area contributed by atoms with Crippen LogP contribution in [0.5, 0.6) is 0 Å². The topological polar surface area (TPSA) is 41.1 Å². The van der Waals surface area contributed by atoms with Crippen molar-refractivity contribution >= 4 is 11.6 Å². The summed E-state index contributed by atoms with van der Waals surface area (Å²) in [6.45, 7) is 11.9. The molecular weight excluding hydrogens is 260 g/mol. The van der Waals surface area contributed by atoms with E-state index >= 15 is 0 Å². The quantitative estimate of drug-likeness (QED) is 0.919. The van der Waals surface area contributed by atoms with Gasteiger partial charge in [0.1, 0.15) is 17.5 Å². The van der Waals surface area contributed by atoms with Crippen LogP contribution in [0.2, 0.25) is 0 Å². The van der Waals surface area contributed by atoms with Gasteiger partial charge in [0.2, 0.25) is 0 Å². The van der Waals surface area contributed by atoms with E-state index in [1.54, 1.807) is 0 Å². The van der Waals surface area contributed by atoms with Crippen molar-refractivity contribution in [2.24, 2.45) is 11.8 Å².